The van der Waals surface area contributed by atoms with Crippen LogP contribution in [0.15, 0.2) is 29.4 Å². The molecule has 0 spiro atoms. The molecule has 1 saturated carbocycles. The van der Waals surface area contributed by atoms with Crippen LogP contribution in [0.3, 0.4) is 0 Å². The second kappa shape index (κ2) is 9.23. The molecule has 5 rings (SSSR count). The SMILES string of the molecule is COc1cc(S(=O)(=O)C2CC2)c2cn(C(CC3CCOCC3)C(=O)Nc3ncc(F)s3)nc2c1. The minimum Gasteiger partial charge on any atom is -0.497 e. The van der Waals surface area contributed by atoms with Crippen molar-refractivity contribution in [2.45, 2.75) is 48.3 Å². The number of sulfone groups is 1. The van der Waals surface area contributed by atoms with E-state index in [1.54, 1.807) is 12.3 Å². The molecule has 34 heavy (non-hydrogen) atoms. The van der Waals surface area contributed by atoms with Gasteiger partial charge in [-0.15, -0.1) is 0 Å². The van der Waals surface area contributed by atoms with E-state index in [1.807, 2.05) is 0 Å². The minimum absolute atomic E-state index is 0.162. The van der Waals surface area contributed by atoms with Crippen molar-refractivity contribution >= 4 is 43.1 Å². The van der Waals surface area contributed by atoms with Crippen LogP contribution in [0.4, 0.5) is 9.52 Å². The summed E-state index contributed by atoms with van der Waals surface area (Å²) in [6.45, 7) is 1.25. The topological polar surface area (TPSA) is 112 Å². The number of nitrogens with one attached hydrogen (secondary N) is 1. The predicted octanol–water partition coefficient (Wildman–Crippen LogP) is 3.57. The van der Waals surface area contributed by atoms with E-state index >= 15 is 0 Å². The summed E-state index contributed by atoms with van der Waals surface area (Å²) in [4.78, 5) is 17.3. The summed E-state index contributed by atoms with van der Waals surface area (Å²) >= 11 is 0.745. The van der Waals surface area contributed by atoms with Gasteiger partial charge in [0.25, 0.3) is 5.91 Å². The van der Waals surface area contributed by atoms with Crippen molar-refractivity contribution in [3.05, 3.63) is 29.7 Å². The number of carbonyl (C=O) groups excluding carboxylic acids is 1. The molecule has 9 nitrogen and oxygen atoms in total. The van der Waals surface area contributed by atoms with Gasteiger partial charge >= 0.3 is 0 Å². The van der Waals surface area contributed by atoms with Gasteiger partial charge in [-0.05, 0) is 44.1 Å². The molecule has 1 atom stereocenters. The van der Waals surface area contributed by atoms with Gasteiger partial charge in [-0.25, -0.2) is 13.4 Å². The summed E-state index contributed by atoms with van der Waals surface area (Å²) in [5.41, 5.74) is 0.434. The van der Waals surface area contributed by atoms with Crippen LogP contribution in [0.5, 0.6) is 5.75 Å². The number of benzene rings is 1. The van der Waals surface area contributed by atoms with E-state index in [0.717, 1.165) is 30.4 Å². The van der Waals surface area contributed by atoms with Crippen molar-refractivity contribution in [2.75, 3.05) is 25.6 Å². The number of aromatic nitrogens is 3. The third-order valence-corrected chi connectivity index (χ3v) is 9.31. The molecule has 1 aliphatic heterocycles. The first kappa shape index (κ1) is 23.2. The summed E-state index contributed by atoms with van der Waals surface area (Å²) in [7, 11) is -2.06. The van der Waals surface area contributed by atoms with Gasteiger partial charge < -0.3 is 14.8 Å². The highest BCUT2D eigenvalue weighted by atomic mass is 32.2. The fourth-order valence-corrected chi connectivity index (χ4v) is 6.70. The predicted molar refractivity (Wildman–Crippen MR) is 124 cm³/mol. The Bertz CT molecular complexity index is 1310. The lowest BCUT2D eigenvalue weighted by atomic mass is 9.92. The van der Waals surface area contributed by atoms with Crippen molar-refractivity contribution in [3.8, 4) is 5.75 Å². The van der Waals surface area contributed by atoms with E-state index < -0.39 is 26.3 Å². The molecule has 1 aliphatic carbocycles. The number of thiazole rings is 1. The van der Waals surface area contributed by atoms with Gasteiger partial charge in [-0.2, -0.15) is 9.49 Å². The molecule has 1 N–H and O–H groups in total. The zero-order valence-corrected chi connectivity index (χ0v) is 20.2. The number of halogens is 1. The van der Waals surface area contributed by atoms with Crippen molar-refractivity contribution in [1.82, 2.24) is 14.8 Å². The zero-order chi connectivity index (χ0) is 23.9. The number of anilines is 1. The lowest BCUT2D eigenvalue weighted by Crippen LogP contribution is -2.30. The highest BCUT2D eigenvalue weighted by Gasteiger charge is 2.39. The number of nitrogens with zero attached hydrogens (tertiary/aromatic N) is 3. The molecular formula is C22H25FN4O5S2. The molecular weight excluding hydrogens is 483 g/mol. The summed E-state index contributed by atoms with van der Waals surface area (Å²) in [6, 6.07) is 2.45. The van der Waals surface area contributed by atoms with Crippen LogP contribution in [0.2, 0.25) is 0 Å². The van der Waals surface area contributed by atoms with E-state index in [1.165, 1.54) is 17.9 Å². The van der Waals surface area contributed by atoms with Crippen molar-refractivity contribution < 1.29 is 27.1 Å². The average Bonchev–Trinajstić information content (AvgIpc) is 3.50. The largest absolute Gasteiger partial charge is 0.497 e. The molecule has 2 aromatic heterocycles. The Hall–Kier alpha value is -2.57. The first-order valence-corrected chi connectivity index (χ1v) is 13.5. The van der Waals surface area contributed by atoms with E-state index in [2.05, 4.69) is 15.4 Å². The van der Waals surface area contributed by atoms with Gasteiger partial charge in [-0.1, -0.05) is 11.3 Å². The summed E-state index contributed by atoms with van der Waals surface area (Å²) in [5, 5.41) is 7.01. The zero-order valence-electron chi connectivity index (χ0n) is 18.6. The Kier molecular flexibility index (Phi) is 6.30. The number of ether oxygens (including phenoxy) is 2. The molecule has 182 valence electrons. The van der Waals surface area contributed by atoms with Crippen LogP contribution in [-0.2, 0) is 19.4 Å². The molecule has 3 aromatic rings. The van der Waals surface area contributed by atoms with Gasteiger partial charge in [0.2, 0.25) is 0 Å². The maximum atomic E-state index is 13.4. The minimum atomic E-state index is -3.53. The maximum absolute atomic E-state index is 13.4. The standard InChI is InChI=1S/C22H25FN4O5S2/c1-31-14-9-17-16(19(10-14)34(29,30)15-2-3-15)12-27(26-17)18(8-13-4-6-32-7-5-13)21(28)25-22-24-11-20(23)33-22/h9-13,15,18H,2-8H2,1H3,(H,24,25,28). The highest BCUT2D eigenvalue weighted by Crippen LogP contribution is 2.39. The Morgan fingerprint density at radius 3 is 2.74 bits per heavy atom. The Balaban J connectivity index is 1.54. The first-order valence-electron chi connectivity index (χ1n) is 11.2. The monoisotopic (exact) mass is 508 g/mol. The number of hydrogen-bond donors (Lipinski definition) is 1. The highest BCUT2D eigenvalue weighted by molar-refractivity contribution is 7.92. The van der Waals surface area contributed by atoms with Gasteiger partial charge in [0.1, 0.15) is 11.8 Å². The van der Waals surface area contributed by atoms with Crippen LogP contribution in [0.25, 0.3) is 10.9 Å². The molecule has 2 aliphatic rings. The molecule has 3 heterocycles. The van der Waals surface area contributed by atoms with E-state index in [-0.39, 0.29) is 21.9 Å². The molecule has 1 saturated heterocycles. The second-order valence-electron chi connectivity index (χ2n) is 8.68. The van der Waals surface area contributed by atoms with Gasteiger partial charge in [0, 0.05) is 30.9 Å². The fraction of sp³-hybridized carbons (Fsp3) is 0.500. The van der Waals surface area contributed by atoms with Gasteiger partial charge in [0.05, 0.1) is 29.0 Å². The normalized spacial score (nSPS) is 18.2. The lowest BCUT2D eigenvalue weighted by molar-refractivity contribution is -0.120. The second-order valence-corrected chi connectivity index (χ2v) is 11.9. The number of fused-ring (bicyclic) bond motifs is 1. The quantitative estimate of drug-likeness (QED) is 0.495. The molecule has 1 amide bonds. The lowest BCUT2D eigenvalue weighted by Gasteiger charge is -2.26. The van der Waals surface area contributed by atoms with Crippen LogP contribution in [0, 0.1) is 11.0 Å². The number of amides is 1. The number of carbonyl (C=O) groups is 1. The van der Waals surface area contributed by atoms with Crippen LogP contribution < -0.4 is 10.1 Å². The molecule has 0 bridgehead atoms. The van der Waals surface area contributed by atoms with E-state index in [4.69, 9.17) is 9.47 Å². The van der Waals surface area contributed by atoms with Crippen LogP contribution in [0.1, 0.15) is 38.1 Å². The van der Waals surface area contributed by atoms with E-state index in [9.17, 15) is 17.6 Å². The Labute approximate surface area is 200 Å². The third kappa shape index (κ3) is 4.66. The summed E-state index contributed by atoms with van der Waals surface area (Å²) < 4.78 is 52.0. The Morgan fingerprint density at radius 1 is 1.32 bits per heavy atom. The number of rotatable bonds is 8. The van der Waals surface area contributed by atoms with Crippen molar-refractivity contribution in [1.29, 1.82) is 0 Å². The molecule has 1 unspecified atom stereocenters. The summed E-state index contributed by atoms with van der Waals surface area (Å²) in [5.74, 6) is 0.238. The molecule has 2 fully saturated rings. The van der Waals surface area contributed by atoms with Crippen molar-refractivity contribution in [3.63, 3.8) is 0 Å². The van der Waals surface area contributed by atoms with E-state index in [0.29, 0.717) is 49.1 Å². The number of methoxy groups -OCH3 is 1. The maximum Gasteiger partial charge on any atom is 0.251 e. The molecule has 1 aromatic carbocycles. The van der Waals surface area contributed by atoms with Crippen molar-refractivity contribution in [2.24, 2.45) is 5.92 Å². The first-order chi connectivity index (χ1) is 16.3. The number of hydrogen-bond acceptors (Lipinski definition) is 8. The molecule has 0 radical (unpaired) electrons. The van der Waals surface area contributed by atoms with Crippen LogP contribution in [-0.4, -0.2) is 54.7 Å². The average molecular weight is 509 g/mol. The van der Waals surface area contributed by atoms with Gasteiger partial charge in [-0.3, -0.25) is 9.48 Å². The smallest absolute Gasteiger partial charge is 0.251 e. The fourth-order valence-electron chi connectivity index (χ4n) is 4.29. The third-order valence-electron chi connectivity index (χ3n) is 6.31. The van der Waals surface area contributed by atoms with Crippen LogP contribution >= 0.6 is 11.3 Å². The molecule has 12 heteroatoms. The Morgan fingerprint density at radius 2 is 2.09 bits per heavy atom. The van der Waals surface area contributed by atoms with Gasteiger partial charge in [0.15, 0.2) is 20.1 Å². The summed E-state index contributed by atoms with van der Waals surface area (Å²) in [6.07, 6.45) is 6.05.